The lowest BCUT2D eigenvalue weighted by molar-refractivity contribution is -0.122. The molecule has 0 bridgehead atoms. The molecular weight excluding hydrogens is 356 g/mol. The van der Waals surface area contributed by atoms with Crippen molar-refractivity contribution in [1.82, 2.24) is 10.9 Å². The minimum Gasteiger partial charge on any atom is -0.272 e. The molecule has 5 heteroatoms. The molecule has 27 heavy (non-hydrogen) atoms. The SMILES string of the molecule is O=C(NNC(=O)C(c1ccccc1)c1ccccc1)c1cc2c(s1)CCC2. The Kier molecular flexibility index (Phi) is 5.03. The first-order chi connectivity index (χ1) is 13.2. The first-order valence-electron chi connectivity index (χ1n) is 9.04. The lowest BCUT2D eigenvalue weighted by Gasteiger charge is -2.18. The van der Waals surface area contributed by atoms with Crippen molar-refractivity contribution in [3.63, 3.8) is 0 Å². The molecule has 1 aromatic heterocycles. The Morgan fingerprint density at radius 2 is 1.48 bits per heavy atom. The molecule has 0 saturated carbocycles. The molecular formula is C22H20N2O2S. The van der Waals surface area contributed by atoms with Crippen LogP contribution in [0.2, 0.25) is 0 Å². The zero-order chi connectivity index (χ0) is 18.6. The summed E-state index contributed by atoms with van der Waals surface area (Å²) in [5.41, 5.74) is 8.22. The largest absolute Gasteiger partial charge is 0.279 e. The number of hydrazine groups is 1. The van der Waals surface area contributed by atoms with Crippen molar-refractivity contribution in [2.75, 3.05) is 0 Å². The number of carbonyl (C=O) groups excluding carboxylic acids is 2. The van der Waals surface area contributed by atoms with Crippen LogP contribution in [0.25, 0.3) is 0 Å². The number of amides is 2. The fourth-order valence-electron chi connectivity index (χ4n) is 3.48. The minimum absolute atomic E-state index is 0.259. The zero-order valence-electron chi connectivity index (χ0n) is 14.8. The highest BCUT2D eigenvalue weighted by Gasteiger charge is 2.24. The Balaban J connectivity index is 1.49. The molecule has 2 aromatic carbocycles. The number of hydrogen-bond acceptors (Lipinski definition) is 3. The third-order valence-corrected chi connectivity index (χ3v) is 6.03. The summed E-state index contributed by atoms with van der Waals surface area (Å²) in [5.74, 6) is -1.01. The Morgan fingerprint density at radius 3 is 2.07 bits per heavy atom. The predicted octanol–water partition coefficient (Wildman–Crippen LogP) is 3.83. The van der Waals surface area contributed by atoms with Gasteiger partial charge in [-0.05, 0) is 42.0 Å². The maximum Gasteiger partial charge on any atom is 0.279 e. The Hall–Kier alpha value is -2.92. The lowest BCUT2D eigenvalue weighted by Crippen LogP contribution is -2.44. The molecule has 0 atom stereocenters. The van der Waals surface area contributed by atoms with Crippen LogP contribution in [0.4, 0.5) is 0 Å². The summed E-state index contributed by atoms with van der Waals surface area (Å²) < 4.78 is 0. The van der Waals surface area contributed by atoms with Crippen molar-refractivity contribution in [3.05, 3.63) is 93.2 Å². The summed E-state index contributed by atoms with van der Waals surface area (Å²) in [6, 6.07) is 21.1. The summed E-state index contributed by atoms with van der Waals surface area (Å²) in [5, 5.41) is 0. The Morgan fingerprint density at radius 1 is 0.852 bits per heavy atom. The number of benzene rings is 2. The number of thiophene rings is 1. The van der Waals surface area contributed by atoms with Gasteiger partial charge in [-0.15, -0.1) is 11.3 Å². The highest BCUT2D eigenvalue weighted by Crippen LogP contribution is 2.30. The van der Waals surface area contributed by atoms with Crippen molar-refractivity contribution in [1.29, 1.82) is 0 Å². The van der Waals surface area contributed by atoms with E-state index in [1.807, 2.05) is 66.7 Å². The van der Waals surface area contributed by atoms with Gasteiger partial charge in [0.2, 0.25) is 5.91 Å². The molecule has 2 N–H and O–H groups in total. The molecule has 1 aliphatic carbocycles. The van der Waals surface area contributed by atoms with E-state index in [2.05, 4.69) is 10.9 Å². The zero-order valence-corrected chi connectivity index (χ0v) is 15.6. The van der Waals surface area contributed by atoms with E-state index in [1.54, 1.807) is 0 Å². The highest BCUT2D eigenvalue weighted by atomic mass is 32.1. The second-order valence-corrected chi connectivity index (χ2v) is 7.75. The van der Waals surface area contributed by atoms with Crippen molar-refractivity contribution in [2.24, 2.45) is 0 Å². The van der Waals surface area contributed by atoms with Gasteiger partial charge in [0, 0.05) is 4.88 Å². The molecule has 2 amide bonds. The number of aryl methyl sites for hydroxylation is 2. The molecule has 0 saturated heterocycles. The summed E-state index contributed by atoms with van der Waals surface area (Å²) in [6.45, 7) is 0. The van der Waals surface area contributed by atoms with Gasteiger partial charge in [0.1, 0.15) is 0 Å². The molecule has 4 nitrogen and oxygen atoms in total. The average molecular weight is 376 g/mol. The van der Waals surface area contributed by atoms with Crippen LogP contribution in [0.1, 0.15) is 43.6 Å². The van der Waals surface area contributed by atoms with Crippen molar-refractivity contribution >= 4 is 23.2 Å². The van der Waals surface area contributed by atoms with Gasteiger partial charge in [-0.3, -0.25) is 20.4 Å². The van der Waals surface area contributed by atoms with Gasteiger partial charge in [0.05, 0.1) is 10.8 Å². The van der Waals surface area contributed by atoms with Crippen LogP contribution in [0, 0.1) is 0 Å². The van der Waals surface area contributed by atoms with Gasteiger partial charge < -0.3 is 0 Å². The van der Waals surface area contributed by atoms with E-state index in [0.29, 0.717) is 4.88 Å². The van der Waals surface area contributed by atoms with Gasteiger partial charge in [-0.1, -0.05) is 60.7 Å². The molecule has 4 rings (SSSR count). The van der Waals surface area contributed by atoms with Crippen LogP contribution in [0.15, 0.2) is 66.7 Å². The first-order valence-corrected chi connectivity index (χ1v) is 9.85. The molecule has 0 aliphatic heterocycles. The topological polar surface area (TPSA) is 58.2 Å². The number of rotatable bonds is 4. The van der Waals surface area contributed by atoms with Crippen LogP contribution in [0.5, 0.6) is 0 Å². The van der Waals surface area contributed by atoms with Gasteiger partial charge in [-0.2, -0.15) is 0 Å². The molecule has 1 aliphatic rings. The van der Waals surface area contributed by atoms with Crippen molar-refractivity contribution in [3.8, 4) is 0 Å². The van der Waals surface area contributed by atoms with E-state index < -0.39 is 5.92 Å². The second-order valence-electron chi connectivity index (χ2n) is 6.61. The van der Waals surface area contributed by atoms with Crippen molar-refractivity contribution in [2.45, 2.75) is 25.2 Å². The van der Waals surface area contributed by atoms with Crippen LogP contribution in [0.3, 0.4) is 0 Å². The van der Waals surface area contributed by atoms with Crippen LogP contribution < -0.4 is 10.9 Å². The standard InChI is InChI=1S/C22H20N2O2S/c25-21(19-14-17-12-7-13-18(17)27-19)23-24-22(26)20(15-8-3-1-4-9-15)16-10-5-2-6-11-16/h1-6,8-11,14,20H,7,12-13H2,(H,23,25)(H,24,26). The van der Waals surface area contributed by atoms with Crippen LogP contribution in [-0.2, 0) is 17.6 Å². The summed E-state index contributed by atoms with van der Waals surface area (Å²) in [6.07, 6.45) is 3.24. The molecule has 136 valence electrons. The third kappa shape index (κ3) is 3.78. The number of carbonyl (C=O) groups is 2. The minimum atomic E-state index is -0.485. The molecule has 3 aromatic rings. The molecule has 0 radical (unpaired) electrons. The molecule has 0 spiro atoms. The van der Waals surface area contributed by atoms with E-state index in [-0.39, 0.29) is 11.8 Å². The van der Waals surface area contributed by atoms with Gasteiger partial charge in [0.15, 0.2) is 0 Å². The van der Waals surface area contributed by atoms with E-state index in [0.717, 1.165) is 30.4 Å². The maximum atomic E-state index is 12.9. The number of fused-ring (bicyclic) bond motifs is 1. The molecule has 0 fully saturated rings. The Bertz CT molecular complexity index is 890. The first kappa shape index (κ1) is 17.5. The fourth-order valence-corrected chi connectivity index (χ4v) is 4.63. The fraction of sp³-hybridized carbons (Fsp3) is 0.182. The maximum absolute atomic E-state index is 12.9. The monoisotopic (exact) mass is 376 g/mol. The van der Waals surface area contributed by atoms with Gasteiger partial charge in [-0.25, -0.2) is 0 Å². The van der Waals surface area contributed by atoms with E-state index >= 15 is 0 Å². The van der Waals surface area contributed by atoms with E-state index in [1.165, 1.54) is 21.8 Å². The summed E-state index contributed by atoms with van der Waals surface area (Å²) in [4.78, 5) is 27.3. The quantitative estimate of drug-likeness (QED) is 0.680. The average Bonchev–Trinajstić information content (AvgIpc) is 3.30. The molecule has 0 unspecified atom stereocenters. The second kappa shape index (κ2) is 7.76. The number of nitrogens with one attached hydrogen (secondary N) is 2. The van der Waals surface area contributed by atoms with Gasteiger partial charge >= 0.3 is 0 Å². The van der Waals surface area contributed by atoms with Crippen LogP contribution in [-0.4, -0.2) is 11.8 Å². The van der Waals surface area contributed by atoms with E-state index in [4.69, 9.17) is 0 Å². The predicted molar refractivity (Wildman–Crippen MR) is 107 cm³/mol. The lowest BCUT2D eigenvalue weighted by atomic mass is 9.91. The normalized spacial score (nSPS) is 12.6. The van der Waals surface area contributed by atoms with E-state index in [9.17, 15) is 9.59 Å². The third-order valence-electron chi connectivity index (χ3n) is 4.80. The highest BCUT2D eigenvalue weighted by molar-refractivity contribution is 7.14. The Labute approximate surface area is 162 Å². The molecule has 1 heterocycles. The number of hydrogen-bond donors (Lipinski definition) is 2. The van der Waals surface area contributed by atoms with Gasteiger partial charge in [0.25, 0.3) is 5.91 Å². The summed E-state index contributed by atoms with van der Waals surface area (Å²) in [7, 11) is 0. The summed E-state index contributed by atoms with van der Waals surface area (Å²) >= 11 is 1.52. The van der Waals surface area contributed by atoms with Crippen molar-refractivity contribution < 1.29 is 9.59 Å². The smallest absolute Gasteiger partial charge is 0.272 e. The van der Waals surface area contributed by atoms with Crippen LogP contribution >= 0.6 is 11.3 Å².